The number of aromatic nitrogens is 2. The molecule has 0 saturated carbocycles. The van der Waals surface area contributed by atoms with Crippen LogP contribution >= 0.6 is 11.6 Å². The number of benzene rings is 1. The number of hydrogen-bond donors (Lipinski definition) is 0. The van der Waals surface area contributed by atoms with Gasteiger partial charge >= 0.3 is 0 Å². The first-order valence-corrected chi connectivity index (χ1v) is 7.73. The molecule has 1 aromatic carbocycles. The molecule has 0 atom stereocenters. The van der Waals surface area contributed by atoms with Gasteiger partial charge in [0.1, 0.15) is 5.82 Å². The van der Waals surface area contributed by atoms with E-state index in [1.54, 1.807) is 0 Å². The maximum atomic E-state index is 6.06. The summed E-state index contributed by atoms with van der Waals surface area (Å²) in [5, 5.41) is 0. The number of alkyl halides is 1. The van der Waals surface area contributed by atoms with Gasteiger partial charge in [0.05, 0.1) is 23.5 Å². The second kappa shape index (κ2) is 6.90. The van der Waals surface area contributed by atoms with Gasteiger partial charge < -0.3 is 4.90 Å². The van der Waals surface area contributed by atoms with Crippen LogP contribution in [0.1, 0.15) is 42.4 Å². The second-order valence-electron chi connectivity index (χ2n) is 5.69. The zero-order valence-electron chi connectivity index (χ0n) is 13.1. The maximum absolute atomic E-state index is 6.06. The van der Waals surface area contributed by atoms with Gasteiger partial charge in [-0.2, -0.15) is 0 Å². The molecule has 0 aliphatic heterocycles. The molecule has 3 nitrogen and oxygen atoms in total. The Balaban J connectivity index is 2.24. The minimum atomic E-state index is 0.308. The van der Waals surface area contributed by atoms with Crippen LogP contribution in [0.2, 0.25) is 0 Å². The monoisotopic (exact) mass is 303 g/mol. The van der Waals surface area contributed by atoms with Crippen molar-refractivity contribution in [2.45, 2.75) is 39.1 Å². The summed E-state index contributed by atoms with van der Waals surface area (Å²) < 4.78 is 0. The van der Waals surface area contributed by atoms with E-state index >= 15 is 0 Å². The Bertz CT molecular complexity index is 611. The van der Waals surface area contributed by atoms with Gasteiger partial charge in [-0.05, 0) is 12.5 Å². The van der Waals surface area contributed by atoms with E-state index in [1.807, 2.05) is 13.2 Å². The zero-order valence-corrected chi connectivity index (χ0v) is 13.9. The van der Waals surface area contributed by atoms with Crippen LogP contribution in [-0.4, -0.2) is 17.0 Å². The molecular formula is C17H22ClN3. The van der Waals surface area contributed by atoms with Crippen LogP contribution in [0.3, 0.4) is 0 Å². The van der Waals surface area contributed by atoms with E-state index in [-0.39, 0.29) is 0 Å². The minimum Gasteiger partial charge on any atom is -0.368 e. The fourth-order valence-corrected chi connectivity index (χ4v) is 2.49. The predicted octanol–water partition coefficient (Wildman–Crippen LogP) is 4.28. The Labute approximate surface area is 132 Å². The van der Waals surface area contributed by atoms with Crippen LogP contribution < -0.4 is 4.90 Å². The van der Waals surface area contributed by atoms with E-state index in [2.05, 4.69) is 59.9 Å². The fourth-order valence-electron chi connectivity index (χ4n) is 2.29. The Hall–Kier alpha value is -1.61. The molecule has 0 unspecified atom stereocenters. The molecule has 0 aliphatic carbocycles. The van der Waals surface area contributed by atoms with Crippen molar-refractivity contribution in [2.75, 3.05) is 11.9 Å². The molecule has 1 aromatic heterocycles. The van der Waals surface area contributed by atoms with Crippen LogP contribution in [0.5, 0.6) is 0 Å². The number of nitrogens with zero attached hydrogens (tertiary/aromatic N) is 3. The summed E-state index contributed by atoms with van der Waals surface area (Å²) >= 11 is 6.06. The number of hydrogen-bond acceptors (Lipinski definition) is 3. The number of halogens is 1. The fraction of sp³-hybridized carbons (Fsp3) is 0.412. The summed E-state index contributed by atoms with van der Waals surface area (Å²) in [5.41, 5.74) is 4.43. The highest BCUT2D eigenvalue weighted by Gasteiger charge is 2.12. The summed E-state index contributed by atoms with van der Waals surface area (Å²) in [4.78, 5) is 11.2. The Morgan fingerprint density at radius 1 is 1.29 bits per heavy atom. The minimum absolute atomic E-state index is 0.308. The first-order valence-electron chi connectivity index (χ1n) is 7.19. The molecule has 0 fully saturated rings. The van der Waals surface area contributed by atoms with Crippen molar-refractivity contribution < 1.29 is 0 Å². The van der Waals surface area contributed by atoms with Gasteiger partial charge in [0.2, 0.25) is 0 Å². The van der Waals surface area contributed by atoms with Crippen molar-refractivity contribution in [1.29, 1.82) is 0 Å². The van der Waals surface area contributed by atoms with Crippen molar-refractivity contribution >= 4 is 17.3 Å². The van der Waals surface area contributed by atoms with Gasteiger partial charge in [-0.25, -0.2) is 9.97 Å². The van der Waals surface area contributed by atoms with E-state index in [0.29, 0.717) is 11.8 Å². The van der Waals surface area contributed by atoms with Crippen LogP contribution in [-0.2, 0) is 12.4 Å². The third-order valence-corrected chi connectivity index (χ3v) is 3.67. The van der Waals surface area contributed by atoms with Gasteiger partial charge in [0.25, 0.3) is 0 Å². The van der Waals surface area contributed by atoms with Crippen molar-refractivity contribution in [3.63, 3.8) is 0 Å². The highest BCUT2D eigenvalue weighted by molar-refractivity contribution is 6.17. The van der Waals surface area contributed by atoms with E-state index in [4.69, 9.17) is 11.6 Å². The quantitative estimate of drug-likeness (QED) is 0.772. The molecular weight excluding hydrogens is 282 g/mol. The van der Waals surface area contributed by atoms with E-state index < -0.39 is 0 Å². The second-order valence-corrected chi connectivity index (χ2v) is 5.96. The zero-order chi connectivity index (χ0) is 15.4. The third-order valence-electron chi connectivity index (χ3n) is 3.42. The lowest BCUT2D eigenvalue weighted by atomic mass is 10.1. The summed E-state index contributed by atoms with van der Waals surface area (Å²) in [6, 6.07) is 8.51. The lowest BCUT2D eigenvalue weighted by molar-refractivity contribution is 0.758. The van der Waals surface area contributed by atoms with Crippen LogP contribution in [0.25, 0.3) is 0 Å². The van der Waals surface area contributed by atoms with E-state index in [0.717, 1.165) is 23.8 Å². The first kappa shape index (κ1) is 15.8. The molecule has 1 heterocycles. The van der Waals surface area contributed by atoms with Gasteiger partial charge in [-0.1, -0.05) is 43.7 Å². The van der Waals surface area contributed by atoms with Gasteiger partial charge in [0.15, 0.2) is 0 Å². The molecule has 2 aromatic rings. The van der Waals surface area contributed by atoms with Gasteiger partial charge in [-0.3, -0.25) is 0 Å². The van der Waals surface area contributed by atoms with Gasteiger partial charge in [0, 0.05) is 19.5 Å². The normalized spacial score (nSPS) is 11.0. The van der Waals surface area contributed by atoms with Crippen LogP contribution in [0.4, 0.5) is 5.69 Å². The van der Waals surface area contributed by atoms with Crippen molar-refractivity contribution in [3.8, 4) is 0 Å². The molecule has 0 spiro atoms. The van der Waals surface area contributed by atoms with Crippen molar-refractivity contribution in [2.24, 2.45) is 0 Å². The molecule has 4 heteroatoms. The molecule has 0 amide bonds. The number of anilines is 1. The molecule has 2 rings (SSSR count). The van der Waals surface area contributed by atoms with E-state index in [1.165, 1.54) is 11.1 Å². The number of aryl methyl sites for hydroxylation is 1. The van der Waals surface area contributed by atoms with Crippen molar-refractivity contribution in [1.82, 2.24) is 9.97 Å². The van der Waals surface area contributed by atoms with Crippen LogP contribution in [0.15, 0.2) is 30.5 Å². The number of rotatable bonds is 5. The van der Waals surface area contributed by atoms with Gasteiger partial charge in [-0.15, -0.1) is 11.6 Å². The molecule has 0 bridgehead atoms. The average Bonchev–Trinajstić information content (AvgIpc) is 2.46. The predicted molar refractivity (Wildman–Crippen MR) is 89.0 cm³/mol. The highest BCUT2D eigenvalue weighted by atomic mass is 35.5. The summed E-state index contributed by atoms with van der Waals surface area (Å²) in [6.45, 7) is 7.09. The average molecular weight is 304 g/mol. The molecule has 0 radical (unpaired) electrons. The van der Waals surface area contributed by atoms with E-state index in [9.17, 15) is 0 Å². The molecule has 21 heavy (non-hydrogen) atoms. The molecule has 0 saturated heterocycles. The smallest absolute Gasteiger partial charge is 0.131 e. The largest absolute Gasteiger partial charge is 0.368 e. The summed E-state index contributed by atoms with van der Waals surface area (Å²) in [5.74, 6) is 1.55. The van der Waals surface area contributed by atoms with Crippen LogP contribution in [0, 0.1) is 6.92 Å². The molecule has 0 N–H and O–H groups in total. The highest BCUT2D eigenvalue weighted by Crippen LogP contribution is 2.22. The Morgan fingerprint density at radius 2 is 2.05 bits per heavy atom. The standard InChI is InChI=1S/C17H22ClN3/c1-12(2)17-19-10-16(15(9-18)20-17)21(4)11-14-7-5-6-13(3)8-14/h5-8,10,12H,9,11H2,1-4H3. The summed E-state index contributed by atoms with van der Waals surface area (Å²) in [6.07, 6.45) is 1.88. The Kier molecular flexibility index (Phi) is 5.18. The first-order chi connectivity index (χ1) is 10.0. The summed E-state index contributed by atoms with van der Waals surface area (Å²) in [7, 11) is 2.05. The topological polar surface area (TPSA) is 29.0 Å². The third kappa shape index (κ3) is 3.94. The Morgan fingerprint density at radius 3 is 2.67 bits per heavy atom. The SMILES string of the molecule is Cc1cccc(CN(C)c2cnc(C(C)C)nc2CCl)c1. The molecule has 112 valence electrons. The maximum Gasteiger partial charge on any atom is 0.131 e. The lowest BCUT2D eigenvalue weighted by Gasteiger charge is -2.22. The lowest BCUT2D eigenvalue weighted by Crippen LogP contribution is -2.19. The molecule has 0 aliphatic rings. The van der Waals surface area contributed by atoms with Crippen molar-refractivity contribution in [3.05, 3.63) is 53.1 Å².